The van der Waals surface area contributed by atoms with Crippen molar-refractivity contribution >= 4 is 67.4 Å². The second-order valence-corrected chi connectivity index (χ2v) is 7.93. The molecule has 0 heterocycles. The summed E-state index contributed by atoms with van der Waals surface area (Å²) in [5.41, 5.74) is -0.0141. The van der Waals surface area contributed by atoms with Crippen LogP contribution in [0, 0.1) is 0 Å². The summed E-state index contributed by atoms with van der Waals surface area (Å²) >= 11 is 23.3. The van der Waals surface area contributed by atoms with Crippen LogP contribution in [0.25, 0.3) is 0 Å². The molecule has 0 unspecified atom stereocenters. The van der Waals surface area contributed by atoms with E-state index in [1.165, 1.54) is 36.4 Å². The van der Waals surface area contributed by atoms with E-state index < -0.39 is 21.8 Å². The molecule has 122 valence electrons. The van der Waals surface area contributed by atoms with Gasteiger partial charge in [-0.2, -0.15) is 0 Å². The molecule has 0 bridgehead atoms. The smallest absolute Gasteiger partial charge is 0.264 e. The number of carbonyl (C=O) groups excluding carboxylic acids is 1. The maximum Gasteiger partial charge on any atom is 0.264 e. The molecule has 0 aliphatic heterocycles. The molecule has 0 N–H and O–H groups in total. The van der Waals surface area contributed by atoms with Crippen molar-refractivity contribution in [2.24, 2.45) is 0 Å². The van der Waals surface area contributed by atoms with E-state index in [1.54, 1.807) is 6.07 Å². The summed E-state index contributed by atoms with van der Waals surface area (Å²) in [6.45, 7) is -0.615. The number of halogens is 4. The van der Waals surface area contributed by atoms with Crippen molar-refractivity contribution in [1.29, 1.82) is 0 Å². The van der Waals surface area contributed by atoms with Gasteiger partial charge >= 0.3 is 0 Å². The van der Waals surface area contributed by atoms with Crippen molar-refractivity contribution < 1.29 is 13.2 Å². The Bertz CT molecular complexity index is 817. The summed E-state index contributed by atoms with van der Waals surface area (Å²) in [5, 5.41) is -0.348. The molecule has 23 heavy (non-hydrogen) atoms. The maximum atomic E-state index is 12.8. The third kappa shape index (κ3) is 4.11. The van der Waals surface area contributed by atoms with Crippen molar-refractivity contribution in [3.8, 4) is 0 Å². The Balaban J connectivity index is 2.63. The number of anilines is 1. The van der Waals surface area contributed by atoms with E-state index in [9.17, 15) is 13.2 Å². The van der Waals surface area contributed by atoms with Gasteiger partial charge in [-0.3, -0.25) is 9.10 Å². The molecule has 2 aromatic carbocycles. The van der Waals surface area contributed by atoms with Crippen molar-refractivity contribution in [2.75, 3.05) is 10.8 Å². The Morgan fingerprint density at radius 3 is 1.96 bits per heavy atom. The van der Waals surface area contributed by atoms with Crippen LogP contribution in [-0.2, 0) is 14.8 Å². The van der Waals surface area contributed by atoms with Crippen LogP contribution in [0.2, 0.25) is 15.1 Å². The molecule has 0 amide bonds. The van der Waals surface area contributed by atoms with E-state index in [-0.39, 0.29) is 20.6 Å². The highest BCUT2D eigenvalue weighted by Gasteiger charge is 2.29. The zero-order valence-corrected chi connectivity index (χ0v) is 15.2. The number of nitrogens with zero attached hydrogens (tertiary/aromatic N) is 1. The summed E-state index contributed by atoms with van der Waals surface area (Å²) in [6, 6.07) is 9.95. The largest absolute Gasteiger partial charge is 0.279 e. The monoisotopic (exact) mass is 411 g/mol. The van der Waals surface area contributed by atoms with Gasteiger partial charge in [0.2, 0.25) is 5.24 Å². The fourth-order valence-corrected chi connectivity index (χ4v) is 4.34. The predicted octanol–water partition coefficient (Wildman–Crippen LogP) is 4.61. The van der Waals surface area contributed by atoms with Crippen LogP contribution in [0.15, 0.2) is 47.4 Å². The highest BCUT2D eigenvalue weighted by Crippen LogP contribution is 2.36. The Morgan fingerprint density at radius 2 is 1.48 bits per heavy atom. The molecule has 0 saturated heterocycles. The minimum Gasteiger partial charge on any atom is -0.279 e. The third-order valence-electron chi connectivity index (χ3n) is 2.86. The Morgan fingerprint density at radius 1 is 0.957 bits per heavy atom. The average molecular weight is 413 g/mol. The van der Waals surface area contributed by atoms with Gasteiger partial charge in [0.15, 0.2) is 0 Å². The molecule has 0 aliphatic carbocycles. The summed E-state index contributed by atoms with van der Waals surface area (Å²) < 4.78 is 26.5. The van der Waals surface area contributed by atoms with Gasteiger partial charge in [0.25, 0.3) is 10.0 Å². The highest BCUT2D eigenvalue weighted by atomic mass is 35.5. The molecule has 0 spiro atoms. The average Bonchev–Trinajstić information content (AvgIpc) is 2.46. The van der Waals surface area contributed by atoms with Gasteiger partial charge < -0.3 is 0 Å². The van der Waals surface area contributed by atoms with Crippen LogP contribution in [0.1, 0.15) is 0 Å². The van der Waals surface area contributed by atoms with Crippen LogP contribution in [-0.4, -0.2) is 20.2 Å². The summed E-state index contributed by atoms with van der Waals surface area (Å²) in [6.07, 6.45) is 0. The molecule has 4 nitrogen and oxygen atoms in total. The number of rotatable bonds is 5. The van der Waals surface area contributed by atoms with Crippen molar-refractivity contribution in [3.05, 3.63) is 57.5 Å². The van der Waals surface area contributed by atoms with E-state index in [1.807, 2.05) is 0 Å². The number of benzene rings is 2. The summed E-state index contributed by atoms with van der Waals surface area (Å²) in [7, 11) is -4.11. The maximum absolute atomic E-state index is 12.8. The van der Waals surface area contributed by atoms with Crippen molar-refractivity contribution in [1.82, 2.24) is 0 Å². The fourth-order valence-electron chi connectivity index (χ4n) is 1.86. The topological polar surface area (TPSA) is 54.5 Å². The first-order valence-electron chi connectivity index (χ1n) is 6.14. The SMILES string of the molecule is O=C(Cl)CN(c1c(Cl)cccc1Cl)S(=O)(=O)c1ccc(Cl)cc1. The minimum absolute atomic E-state index is 0.0141. The normalized spacial score (nSPS) is 11.3. The molecule has 9 heteroatoms. The lowest BCUT2D eigenvalue weighted by Crippen LogP contribution is -2.35. The first kappa shape index (κ1) is 18.4. The second-order valence-electron chi connectivity index (χ2n) is 4.39. The zero-order valence-electron chi connectivity index (χ0n) is 11.3. The van der Waals surface area contributed by atoms with Crippen LogP contribution >= 0.6 is 46.4 Å². The summed E-state index contributed by atoms with van der Waals surface area (Å²) in [4.78, 5) is 11.3. The van der Waals surface area contributed by atoms with Crippen molar-refractivity contribution in [2.45, 2.75) is 4.90 Å². The quantitative estimate of drug-likeness (QED) is 0.674. The highest BCUT2D eigenvalue weighted by molar-refractivity contribution is 7.93. The van der Waals surface area contributed by atoms with Crippen molar-refractivity contribution in [3.63, 3.8) is 0 Å². The van der Waals surface area contributed by atoms with Gasteiger partial charge in [-0.15, -0.1) is 0 Å². The molecule has 2 aromatic rings. The number of sulfonamides is 1. The van der Waals surface area contributed by atoms with Crippen LogP contribution in [0.3, 0.4) is 0 Å². The minimum atomic E-state index is -4.11. The van der Waals surface area contributed by atoms with E-state index in [2.05, 4.69) is 0 Å². The molecule has 0 saturated carbocycles. The standard InChI is InChI=1S/C14H9Cl4NO3S/c15-9-4-6-10(7-5-9)23(21,22)19(8-13(18)20)14-11(16)2-1-3-12(14)17/h1-7H,8H2. The molecule has 0 radical (unpaired) electrons. The van der Waals surface area contributed by atoms with E-state index in [0.29, 0.717) is 5.02 Å². The van der Waals surface area contributed by atoms with E-state index >= 15 is 0 Å². The van der Waals surface area contributed by atoms with Gasteiger partial charge in [0, 0.05) is 5.02 Å². The molecule has 0 aliphatic rings. The molecular formula is C14H9Cl4NO3S. The Kier molecular flexibility index (Phi) is 5.81. The lowest BCUT2D eigenvalue weighted by atomic mass is 10.3. The van der Waals surface area contributed by atoms with Crippen LogP contribution in [0.5, 0.6) is 0 Å². The molecule has 0 fully saturated rings. The third-order valence-corrected chi connectivity index (χ3v) is 5.60. The van der Waals surface area contributed by atoms with Gasteiger partial charge in [-0.1, -0.05) is 40.9 Å². The Labute approximate surface area is 153 Å². The number of para-hydroxylation sites is 1. The Hall–Kier alpha value is -0.980. The van der Waals surface area contributed by atoms with Gasteiger partial charge in [0.05, 0.1) is 20.6 Å². The first-order chi connectivity index (χ1) is 10.7. The molecular weight excluding hydrogens is 404 g/mol. The second kappa shape index (κ2) is 7.28. The lowest BCUT2D eigenvalue weighted by molar-refractivity contribution is -0.110. The zero-order chi connectivity index (χ0) is 17.2. The fraction of sp³-hybridized carbons (Fsp3) is 0.0714. The van der Waals surface area contributed by atoms with Crippen LogP contribution in [0.4, 0.5) is 5.69 Å². The number of carbonyl (C=O) groups is 1. The lowest BCUT2D eigenvalue weighted by Gasteiger charge is -2.24. The molecule has 0 atom stereocenters. The first-order valence-corrected chi connectivity index (χ1v) is 9.09. The van der Waals surface area contributed by atoms with Gasteiger partial charge in [-0.25, -0.2) is 8.42 Å². The number of hydrogen-bond acceptors (Lipinski definition) is 3. The molecule has 0 aromatic heterocycles. The summed E-state index contributed by atoms with van der Waals surface area (Å²) in [5.74, 6) is 0. The molecule has 2 rings (SSSR count). The number of hydrogen-bond donors (Lipinski definition) is 0. The van der Waals surface area contributed by atoms with E-state index in [0.717, 1.165) is 4.31 Å². The van der Waals surface area contributed by atoms with E-state index in [4.69, 9.17) is 46.4 Å². The van der Waals surface area contributed by atoms with Gasteiger partial charge in [-0.05, 0) is 48.0 Å². The van der Waals surface area contributed by atoms with Gasteiger partial charge in [0.1, 0.15) is 6.54 Å². The predicted molar refractivity (Wildman–Crippen MR) is 93.3 cm³/mol. The van der Waals surface area contributed by atoms with Crippen LogP contribution < -0.4 is 4.31 Å².